The van der Waals surface area contributed by atoms with Crippen molar-refractivity contribution in [2.75, 3.05) is 6.61 Å². The summed E-state index contributed by atoms with van der Waals surface area (Å²) in [5.41, 5.74) is 4.04. The molecule has 2 aliphatic rings. The predicted molar refractivity (Wildman–Crippen MR) is 70.1 cm³/mol. The van der Waals surface area contributed by atoms with Crippen LogP contribution in [0, 0.1) is 5.92 Å². The highest BCUT2D eigenvalue weighted by atomic mass is 79.9. The minimum Gasteiger partial charge on any atom is -0.378 e. The molecular formula is C14H17BrO2. The van der Waals surface area contributed by atoms with Gasteiger partial charge in [0.25, 0.3) is 0 Å². The van der Waals surface area contributed by atoms with E-state index >= 15 is 0 Å². The van der Waals surface area contributed by atoms with E-state index in [2.05, 4.69) is 41.1 Å². The van der Waals surface area contributed by atoms with E-state index in [1.54, 1.807) is 0 Å². The molecule has 0 bridgehead atoms. The molecule has 0 spiro atoms. The van der Waals surface area contributed by atoms with Crippen molar-refractivity contribution in [3.63, 3.8) is 0 Å². The van der Waals surface area contributed by atoms with Crippen molar-refractivity contribution in [3.05, 3.63) is 34.9 Å². The van der Waals surface area contributed by atoms with Crippen molar-refractivity contribution < 1.29 is 9.47 Å². The quantitative estimate of drug-likeness (QED) is 0.777. The summed E-state index contributed by atoms with van der Waals surface area (Å²) in [6.45, 7) is 4.55. The maximum Gasteiger partial charge on any atom is 0.0725 e. The lowest BCUT2D eigenvalue weighted by atomic mass is 9.95. The fraction of sp³-hybridized carbons (Fsp3) is 0.571. The molecule has 3 atom stereocenters. The smallest absolute Gasteiger partial charge is 0.0725 e. The third-order valence-corrected chi connectivity index (χ3v) is 4.98. The zero-order valence-electron chi connectivity index (χ0n) is 9.99. The molecule has 1 saturated heterocycles. The molecule has 0 radical (unpaired) electrons. The molecule has 92 valence electrons. The summed E-state index contributed by atoms with van der Waals surface area (Å²) in [4.78, 5) is 0.401. The van der Waals surface area contributed by atoms with E-state index in [-0.39, 0.29) is 0 Å². The number of ether oxygens (including phenoxy) is 2. The first-order valence-electron chi connectivity index (χ1n) is 6.19. The minimum absolute atomic E-state index is 0.401. The van der Waals surface area contributed by atoms with Gasteiger partial charge in [-0.1, -0.05) is 34.1 Å². The van der Waals surface area contributed by atoms with Crippen molar-refractivity contribution in [3.8, 4) is 0 Å². The van der Waals surface area contributed by atoms with Gasteiger partial charge in [0.1, 0.15) is 0 Å². The van der Waals surface area contributed by atoms with Gasteiger partial charge in [0.15, 0.2) is 0 Å². The molecule has 17 heavy (non-hydrogen) atoms. The number of rotatable bonds is 2. The van der Waals surface area contributed by atoms with Crippen LogP contribution in [0.2, 0.25) is 0 Å². The standard InChI is InChI=1S/C14H17BrO2/c1-9-4-13(8-17-9)14(15)10-2-3-11-6-16-7-12(11)5-10/h2-3,5,9,13-14H,4,6-8H2,1H3. The Morgan fingerprint density at radius 3 is 2.88 bits per heavy atom. The van der Waals surface area contributed by atoms with Crippen LogP contribution in [0.5, 0.6) is 0 Å². The normalized spacial score (nSPS) is 29.3. The molecule has 0 amide bonds. The van der Waals surface area contributed by atoms with E-state index in [0.717, 1.165) is 26.2 Å². The molecule has 0 N–H and O–H groups in total. The highest BCUT2D eigenvalue weighted by Gasteiger charge is 2.29. The van der Waals surface area contributed by atoms with Crippen molar-refractivity contribution in [2.24, 2.45) is 5.92 Å². The Labute approximate surface area is 110 Å². The van der Waals surface area contributed by atoms with Crippen molar-refractivity contribution >= 4 is 15.9 Å². The Bertz CT molecular complexity index is 419. The average molecular weight is 297 g/mol. The molecular weight excluding hydrogens is 280 g/mol. The predicted octanol–water partition coefficient (Wildman–Crippen LogP) is 3.58. The summed E-state index contributed by atoms with van der Waals surface area (Å²) >= 11 is 3.83. The van der Waals surface area contributed by atoms with Gasteiger partial charge in [-0.05, 0) is 30.0 Å². The van der Waals surface area contributed by atoms with E-state index < -0.39 is 0 Å². The molecule has 2 aliphatic heterocycles. The Hall–Kier alpha value is -0.380. The highest BCUT2D eigenvalue weighted by molar-refractivity contribution is 9.09. The van der Waals surface area contributed by atoms with Crippen LogP contribution in [-0.4, -0.2) is 12.7 Å². The molecule has 0 saturated carbocycles. The Balaban J connectivity index is 1.79. The van der Waals surface area contributed by atoms with Crippen LogP contribution >= 0.6 is 15.9 Å². The maximum absolute atomic E-state index is 5.65. The third-order valence-electron chi connectivity index (χ3n) is 3.71. The molecule has 1 fully saturated rings. The van der Waals surface area contributed by atoms with E-state index in [9.17, 15) is 0 Å². The van der Waals surface area contributed by atoms with Gasteiger partial charge in [0.05, 0.1) is 25.9 Å². The second kappa shape index (κ2) is 4.71. The van der Waals surface area contributed by atoms with Gasteiger partial charge >= 0.3 is 0 Å². The van der Waals surface area contributed by atoms with Gasteiger partial charge in [-0.2, -0.15) is 0 Å². The number of fused-ring (bicyclic) bond motifs is 1. The lowest BCUT2D eigenvalue weighted by Gasteiger charge is -2.17. The first-order valence-corrected chi connectivity index (χ1v) is 7.10. The Kier molecular flexibility index (Phi) is 3.24. The largest absolute Gasteiger partial charge is 0.378 e. The fourth-order valence-electron chi connectivity index (χ4n) is 2.69. The molecule has 0 aliphatic carbocycles. The lowest BCUT2D eigenvalue weighted by molar-refractivity contribution is 0.120. The molecule has 3 unspecified atom stereocenters. The van der Waals surface area contributed by atoms with Crippen LogP contribution in [0.4, 0.5) is 0 Å². The van der Waals surface area contributed by atoms with Crippen molar-refractivity contribution in [1.29, 1.82) is 0 Å². The van der Waals surface area contributed by atoms with Crippen molar-refractivity contribution in [2.45, 2.75) is 37.5 Å². The second-order valence-electron chi connectivity index (χ2n) is 5.06. The third kappa shape index (κ3) is 2.28. The zero-order valence-corrected chi connectivity index (χ0v) is 11.6. The maximum atomic E-state index is 5.65. The first kappa shape index (κ1) is 11.7. The zero-order chi connectivity index (χ0) is 11.8. The highest BCUT2D eigenvalue weighted by Crippen LogP contribution is 2.39. The first-order chi connectivity index (χ1) is 8.24. The van der Waals surface area contributed by atoms with Gasteiger partial charge in [0.2, 0.25) is 0 Å². The topological polar surface area (TPSA) is 18.5 Å². The van der Waals surface area contributed by atoms with E-state index in [1.165, 1.54) is 16.7 Å². The minimum atomic E-state index is 0.401. The molecule has 2 heterocycles. The molecule has 3 rings (SSSR count). The summed E-state index contributed by atoms with van der Waals surface area (Å²) < 4.78 is 11.1. The van der Waals surface area contributed by atoms with Gasteiger partial charge in [-0.15, -0.1) is 0 Å². The molecule has 1 aromatic rings. The van der Waals surface area contributed by atoms with Crippen LogP contribution in [0.1, 0.15) is 34.9 Å². The molecule has 2 nitrogen and oxygen atoms in total. The lowest BCUT2D eigenvalue weighted by Crippen LogP contribution is -2.08. The number of alkyl halides is 1. The Morgan fingerprint density at radius 2 is 2.12 bits per heavy atom. The van der Waals surface area contributed by atoms with Crippen LogP contribution in [0.25, 0.3) is 0 Å². The summed E-state index contributed by atoms with van der Waals surface area (Å²) in [6, 6.07) is 6.70. The summed E-state index contributed by atoms with van der Waals surface area (Å²) in [5.74, 6) is 0.588. The van der Waals surface area contributed by atoms with Crippen LogP contribution in [-0.2, 0) is 22.7 Å². The van der Waals surface area contributed by atoms with Crippen LogP contribution < -0.4 is 0 Å². The summed E-state index contributed by atoms with van der Waals surface area (Å²) in [7, 11) is 0. The fourth-order valence-corrected chi connectivity index (χ4v) is 3.34. The van der Waals surface area contributed by atoms with Gasteiger partial charge in [-0.3, -0.25) is 0 Å². The molecule has 1 aromatic carbocycles. The molecule has 0 aromatic heterocycles. The van der Waals surface area contributed by atoms with Crippen LogP contribution in [0.3, 0.4) is 0 Å². The second-order valence-corrected chi connectivity index (χ2v) is 6.05. The van der Waals surface area contributed by atoms with Gasteiger partial charge < -0.3 is 9.47 Å². The monoisotopic (exact) mass is 296 g/mol. The molecule has 3 heteroatoms. The Morgan fingerprint density at radius 1 is 1.29 bits per heavy atom. The van der Waals surface area contributed by atoms with Gasteiger partial charge in [0, 0.05) is 10.7 Å². The van der Waals surface area contributed by atoms with E-state index in [0.29, 0.717) is 16.8 Å². The summed E-state index contributed by atoms with van der Waals surface area (Å²) in [5, 5.41) is 0. The number of hydrogen-bond donors (Lipinski definition) is 0. The number of halogens is 1. The van der Waals surface area contributed by atoms with E-state index in [4.69, 9.17) is 9.47 Å². The van der Waals surface area contributed by atoms with Crippen molar-refractivity contribution in [1.82, 2.24) is 0 Å². The summed E-state index contributed by atoms with van der Waals surface area (Å²) in [6.07, 6.45) is 1.54. The van der Waals surface area contributed by atoms with Gasteiger partial charge in [-0.25, -0.2) is 0 Å². The average Bonchev–Trinajstić information content (AvgIpc) is 2.95. The van der Waals surface area contributed by atoms with E-state index in [1.807, 2.05) is 0 Å². The number of hydrogen-bond acceptors (Lipinski definition) is 2. The van der Waals surface area contributed by atoms with Crippen LogP contribution in [0.15, 0.2) is 18.2 Å². The number of benzene rings is 1. The SMILES string of the molecule is CC1CC(C(Br)c2ccc3c(c2)COC3)CO1.